The van der Waals surface area contributed by atoms with Gasteiger partial charge in [0, 0.05) is 99.7 Å². The highest BCUT2D eigenvalue weighted by Gasteiger charge is 2.41. The van der Waals surface area contributed by atoms with Gasteiger partial charge in [0.15, 0.2) is 5.96 Å². The number of para-hydroxylation sites is 1. The average Bonchev–Trinajstić information content (AvgIpc) is 1.60. The van der Waals surface area contributed by atoms with Gasteiger partial charge in [0.1, 0.15) is 66.2 Å². The molecule has 10 atom stereocenters. The number of aryl methyl sites for hydroxylation is 1. The number of carboxylic acids is 1. The second kappa shape index (κ2) is 41.3. The number of hydrogen-bond donors (Lipinski definition) is 18. The lowest BCUT2D eigenvalue weighted by molar-refractivity contribution is -0.139. The molecule has 574 valence electrons. The fraction of sp³-hybridized carbons (Fsp3) is 0.500. The molecule has 3 aromatic carbocycles. The summed E-state index contributed by atoms with van der Waals surface area (Å²) in [7, 11) is 1.77. The Morgan fingerprint density at radius 1 is 0.651 bits per heavy atom. The number of rotatable bonds is 24. The van der Waals surface area contributed by atoms with Gasteiger partial charge >= 0.3 is 5.97 Å². The molecule has 0 unspecified atom stereocenters. The molecule has 23 N–H and O–H groups in total. The number of phenols is 1. The van der Waals surface area contributed by atoms with Crippen molar-refractivity contribution in [1.29, 1.82) is 0 Å². The Bertz CT molecular complexity index is 3830. The molecule has 34 nitrogen and oxygen atoms in total. The van der Waals surface area contributed by atoms with Crippen LogP contribution in [-0.4, -0.2) is 207 Å². The third kappa shape index (κ3) is 25.7. The number of primary amides is 2. The first kappa shape index (κ1) is 82.8. The summed E-state index contributed by atoms with van der Waals surface area (Å²) in [6, 6.07) is 4.94. The third-order valence-corrected chi connectivity index (χ3v) is 20.9. The lowest BCUT2D eigenvalue weighted by Gasteiger charge is -2.30. The minimum absolute atomic E-state index is 0.00740. The van der Waals surface area contributed by atoms with Gasteiger partial charge in [0.05, 0.1) is 0 Å². The van der Waals surface area contributed by atoms with Crippen LogP contribution in [0.25, 0.3) is 10.9 Å². The molecule has 3 fully saturated rings. The van der Waals surface area contributed by atoms with Gasteiger partial charge in [-0.15, -0.1) is 0 Å². The first-order valence-electron chi connectivity index (χ1n) is 35.1. The fourth-order valence-corrected chi connectivity index (χ4v) is 15.0. The van der Waals surface area contributed by atoms with Crippen LogP contribution in [0.4, 0.5) is 0 Å². The topological polar surface area (TPSA) is 561 Å². The monoisotopic (exact) mass is 1510 g/mol. The van der Waals surface area contributed by atoms with Gasteiger partial charge in [-0.1, -0.05) is 89.0 Å². The number of carbonyl (C=O) groups excluding carboxylic acids is 13. The Labute approximate surface area is 619 Å². The maximum absolute atomic E-state index is 15.3. The van der Waals surface area contributed by atoms with Crippen molar-refractivity contribution in [1.82, 2.24) is 63.1 Å². The van der Waals surface area contributed by atoms with Gasteiger partial charge in [-0.25, -0.2) is 0 Å². The number of nitrogens with one attached hydrogen (secondary N) is 11. The summed E-state index contributed by atoms with van der Waals surface area (Å²) in [5, 5.41) is 47.4. The number of aromatic hydroxyl groups is 1. The van der Waals surface area contributed by atoms with E-state index in [-0.39, 0.29) is 93.7 Å². The normalized spacial score (nSPS) is 22.8. The predicted octanol–water partition coefficient (Wildman–Crippen LogP) is -2.33. The number of amides is 13. The number of likely N-dealkylation sites (tertiary alicyclic amines) is 1. The number of benzene rings is 3. The molecule has 2 aliphatic heterocycles. The zero-order chi connectivity index (χ0) is 77.0. The van der Waals surface area contributed by atoms with Crippen molar-refractivity contribution in [2.45, 2.75) is 176 Å². The smallest absolute Gasteiger partial charge is 0.303 e. The van der Waals surface area contributed by atoms with Crippen LogP contribution in [-0.2, 0) is 86.4 Å². The Morgan fingerprint density at radius 3 is 1.93 bits per heavy atom. The average molecular weight is 1510 g/mol. The first-order chi connectivity index (χ1) is 50.7. The van der Waals surface area contributed by atoms with E-state index in [1.807, 2.05) is 0 Å². The molecule has 7 rings (SSSR count). The summed E-state index contributed by atoms with van der Waals surface area (Å²) >= 11 is 0. The van der Waals surface area contributed by atoms with Crippen LogP contribution in [0.2, 0.25) is 0 Å². The summed E-state index contributed by atoms with van der Waals surface area (Å²) in [5.74, 6) is -14.4. The number of phenolic OH excluding ortho intramolecular Hbond substituents is 1. The van der Waals surface area contributed by atoms with Crippen LogP contribution >= 0.6 is 21.6 Å². The van der Waals surface area contributed by atoms with Crippen molar-refractivity contribution < 1.29 is 77.3 Å². The highest BCUT2D eigenvalue weighted by Crippen LogP contribution is 2.30. The highest BCUT2D eigenvalue weighted by molar-refractivity contribution is 8.76. The molecule has 36 heteroatoms. The molecule has 0 bridgehead atoms. The van der Waals surface area contributed by atoms with E-state index >= 15 is 14.4 Å². The quantitative estimate of drug-likeness (QED) is 0.0151. The van der Waals surface area contributed by atoms with E-state index in [9.17, 15) is 63.0 Å². The zero-order valence-electron chi connectivity index (χ0n) is 58.8. The largest absolute Gasteiger partial charge is 0.508 e. The van der Waals surface area contributed by atoms with Gasteiger partial charge in [-0.05, 0) is 105 Å². The fourth-order valence-electron chi connectivity index (χ4n) is 12.7. The molecular formula is C70H96N18O16S2. The van der Waals surface area contributed by atoms with Gasteiger partial charge in [0.2, 0.25) is 76.8 Å². The van der Waals surface area contributed by atoms with Crippen LogP contribution in [0.3, 0.4) is 0 Å². The maximum atomic E-state index is 15.3. The van der Waals surface area contributed by atoms with Crippen LogP contribution in [0.15, 0.2) is 84.0 Å². The molecule has 3 aliphatic rings. The number of aromatic nitrogens is 1. The number of aromatic amines is 1. The van der Waals surface area contributed by atoms with Crippen molar-refractivity contribution in [2.75, 3.05) is 37.7 Å². The Hall–Kier alpha value is -10.5. The number of nitrogens with zero attached hydrogens (tertiary/aromatic N) is 2. The predicted molar refractivity (Wildman–Crippen MR) is 393 cm³/mol. The van der Waals surface area contributed by atoms with Crippen molar-refractivity contribution in [3.8, 4) is 5.75 Å². The van der Waals surface area contributed by atoms with Gasteiger partial charge in [-0.3, -0.25) is 72.1 Å². The lowest BCUT2D eigenvalue weighted by Crippen LogP contribution is -2.61. The zero-order valence-corrected chi connectivity index (χ0v) is 60.5. The standard InChI is InChI=1S/C70H96N18O16S2/c1-38-10-2-3-13-41(38)33-50-65(100)80-46(16-8-29-77-70(74)75)61(96)76-30-27-56(91)79-47(22-24-55(72)90)62(97)82-51(34-42-35-78-45-15-7-6-14-44(42)45)66(101)81-48(23-25-58(93)94)63(98)85-52(60(73)95)36-105-106-37-53(67(102)87-59(69(104)84-50)40-11-4-5-12-40)86-64(99)49(32-39-18-20-43(89)21-19-39)83-68(103)54-17-9-31-88(54)57(92)26-28-71/h2-3,6-7,10,13-15,18-21,35,40,46-54,59,78,89H,4-5,8-9,11-12,16-17,22-34,36-37,71H2,1H3,(H2,72,90)(H2,73,95)(H,76,96)(H,79,91)(H,80,100)(H,81,101)(H,82,97)(H,83,103)(H,84,104)(H,85,98)(H,86,99)(H,87,102)(H,93,94)(H4,74,75,77)/t46-,47-,48-,49-,50-,51-,52+,53-,54-,59-/m0/s1. The lowest BCUT2D eigenvalue weighted by atomic mass is 9.95. The van der Waals surface area contributed by atoms with Crippen molar-refractivity contribution in [3.05, 3.63) is 101 Å². The van der Waals surface area contributed by atoms with Crippen LogP contribution in [0.1, 0.15) is 112 Å². The number of H-pyrrole nitrogens is 1. The summed E-state index contributed by atoms with van der Waals surface area (Å²) in [6.07, 6.45) is 1.11. The molecule has 13 amide bonds. The van der Waals surface area contributed by atoms with Gasteiger partial charge in [-0.2, -0.15) is 0 Å². The number of guanidine groups is 1. The summed E-state index contributed by atoms with van der Waals surface area (Å²) in [5.41, 5.74) is 31.3. The number of nitrogens with two attached hydrogens (primary N) is 5. The van der Waals surface area contributed by atoms with Crippen molar-refractivity contribution in [3.63, 3.8) is 0 Å². The number of carboxylic acid groups (broad SMARTS) is 1. The molecule has 1 aliphatic carbocycles. The van der Waals surface area contributed by atoms with Gasteiger partial charge in [0.25, 0.3) is 0 Å². The van der Waals surface area contributed by atoms with Gasteiger partial charge < -0.3 is 102 Å². The molecule has 1 aromatic heterocycles. The number of carbonyl (C=O) groups is 14. The van der Waals surface area contributed by atoms with E-state index in [0.29, 0.717) is 59.7 Å². The summed E-state index contributed by atoms with van der Waals surface area (Å²) < 4.78 is 0. The van der Waals surface area contributed by atoms with Crippen LogP contribution < -0.4 is 81.8 Å². The van der Waals surface area contributed by atoms with Crippen molar-refractivity contribution in [2.24, 2.45) is 39.6 Å². The second-order valence-corrected chi connectivity index (χ2v) is 28.9. The molecule has 106 heavy (non-hydrogen) atoms. The van der Waals surface area contributed by atoms with E-state index in [4.69, 9.17) is 28.7 Å². The highest BCUT2D eigenvalue weighted by atomic mass is 33.1. The molecule has 1 saturated carbocycles. The van der Waals surface area contributed by atoms with E-state index in [0.717, 1.165) is 27.2 Å². The van der Waals surface area contributed by atoms with E-state index < -0.39 is 182 Å². The van der Waals surface area contributed by atoms with E-state index in [1.165, 1.54) is 29.2 Å². The van der Waals surface area contributed by atoms with Crippen LogP contribution in [0.5, 0.6) is 5.75 Å². The van der Waals surface area contributed by atoms with E-state index in [1.54, 1.807) is 61.7 Å². The molecular weight excluding hydrogens is 1410 g/mol. The van der Waals surface area contributed by atoms with Crippen LogP contribution in [0, 0.1) is 12.8 Å². The minimum Gasteiger partial charge on any atom is -0.508 e. The molecule has 0 radical (unpaired) electrons. The minimum atomic E-state index is -1.73. The summed E-state index contributed by atoms with van der Waals surface area (Å²) in [6.45, 7) is 1.65. The maximum Gasteiger partial charge on any atom is 0.303 e. The van der Waals surface area contributed by atoms with E-state index in [2.05, 4.69) is 63.1 Å². The number of aliphatic imine (C=N–C) groups is 1. The Balaban J connectivity index is 1.28. The number of fused-ring (bicyclic) bond motifs is 1. The molecule has 0 spiro atoms. The first-order valence-corrected chi connectivity index (χ1v) is 37.6. The molecule has 4 aromatic rings. The SMILES string of the molecule is Cc1ccccc1C[C@@H]1NC(=O)[C@H](C2CCCC2)NC(=O)[C@@H](NC(=O)[C@H](Cc2ccc(O)cc2)NC(=O)[C@@H]2CCCN2C(=O)CCN)CSSC[C@H](C(N)=O)NC(=O)[C@H](CCC(=O)O)NC(=O)[C@H](Cc2c[nH]c3ccccc23)NC(=O)[C@H](CCC(N)=O)NC(=O)CCNC(=O)[C@H](CCCN=C(N)N)NC1=O. The molecule has 2 saturated heterocycles. The number of hydrogen-bond acceptors (Lipinski definition) is 19. The second-order valence-electron chi connectivity index (χ2n) is 26.3. The Morgan fingerprint density at radius 2 is 1.26 bits per heavy atom. The van der Waals surface area contributed by atoms with Crippen molar-refractivity contribution >= 4 is 121 Å². The Kier molecular flexibility index (Phi) is 32.2. The third-order valence-electron chi connectivity index (χ3n) is 18.4. The summed E-state index contributed by atoms with van der Waals surface area (Å²) in [4.78, 5) is 206. The molecule has 3 heterocycles. The number of aliphatic carboxylic acids is 1.